The van der Waals surface area contributed by atoms with Crippen LogP contribution >= 0.6 is 0 Å². The van der Waals surface area contributed by atoms with Gasteiger partial charge in [-0.15, -0.1) is 0 Å². The van der Waals surface area contributed by atoms with Gasteiger partial charge in [-0.25, -0.2) is 0 Å². The summed E-state index contributed by atoms with van der Waals surface area (Å²) in [4.78, 5) is 5.15. The van der Waals surface area contributed by atoms with Crippen molar-refractivity contribution in [3.8, 4) is 0 Å². The third kappa shape index (κ3) is 4.10. The molecule has 2 aromatic carbocycles. The molecule has 1 saturated heterocycles. The molecule has 2 nitrogen and oxygen atoms in total. The number of rotatable bonds is 5. The Morgan fingerprint density at radius 2 is 1.35 bits per heavy atom. The molecule has 0 unspecified atom stereocenters. The summed E-state index contributed by atoms with van der Waals surface area (Å²) in [5.41, 5.74) is 2.78. The normalized spacial score (nSPS) is 17.1. The first-order valence-corrected chi connectivity index (χ1v) is 8.56. The highest BCUT2D eigenvalue weighted by atomic mass is 15.3. The molecule has 0 saturated carbocycles. The van der Waals surface area contributed by atoms with E-state index in [1.54, 1.807) is 0 Å². The minimum atomic E-state index is 0.362. The standard InChI is InChI=1S/C21H26N2/c1-2-3-14-22-15-17-23(18-16-22)21(19-10-6-4-7-11-19)20-12-8-5-9-13-20/h2-13,21H,14-18H2,1H3. The average molecular weight is 306 g/mol. The van der Waals surface area contributed by atoms with Gasteiger partial charge in [0.25, 0.3) is 0 Å². The maximum Gasteiger partial charge on any atom is 0.0602 e. The SMILES string of the molecule is CC=CCN1CCN(C(c2ccccc2)c2ccccc2)CC1. The topological polar surface area (TPSA) is 6.48 Å². The lowest BCUT2D eigenvalue weighted by atomic mass is 9.96. The van der Waals surface area contributed by atoms with Gasteiger partial charge in [-0.05, 0) is 18.1 Å². The Labute approximate surface area is 140 Å². The number of piperazine rings is 1. The smallest absolute Gasteiger partial charge is 0.0602 e. The number of allylic oxidation sites excluding steroid dienone is 1. The van der Waals surface area contributed by atoms with Gasteiger partial charge in [0.05, 0.1) is 6.04 Å². The molecule has 0 aromatic heterocycles. The van der Waals surface area contributed by atoms with Crippen molar-refractivity contribution in [2.75, 3.05) is 32.7 Å². The molecule has 23 heavy (non-hydrogen) atoms. The third-order valence-corrected chi connectivity index (χ3v) is 4.60. The summed E-state index contributed by atoms with van der Waals surface area (Å²) >= 11 is 0. The predicted octanol–water partition coefficient (Wildman–Crippen LogP) is 3.97. The van der Waals surface area contributed by atoms with Crippen molar-refractivity contribution in [1.29, 1.82) is 0 Å². The number of hydrogen-bond acceptors (Lipinski definition) is 2. The van der Waals surface area contributed by atoms with Crippen LogP contribution in [-0.4, -0.2) is 42.5 Å². The molecule has 0 amide bonds. The van der Waals surface area contributed by atoms with Gasteiger partial charge in [0, 0.05) is 32.7 Å². The van der Waals surface area contributed by atoms with E-state index in [-0.39, 0.29) is 0 Å². The summed E-state index contributed by atoms with van der Waals surface area (Å²) in [6.45, 7) is 7.68. The summed E-state index contributed by atoms with van der Waals surface area (Å²) in [6, 6.07) is 22.2. The number of nitrogens with zero attached hydrogens (tertiary/aromatic N) is 2. The summed E-state index contributed by atoms with van der Waals surface area (Å²) in [6.07, 6.45) is 4.39. The van der Waals surface area contributed by atoms with Crippen LogP contribution in [0.3, 0.4) is 0 Å². The summed E-state index contributed by atoms with van der Waals surface area (Å²) in [5, 5.41) is 0. The van der Waals surface area contributed by atoms with Gasteiger partial charge in [0.15, 0.2) is 0 Å². The van der Waals surface area contributed by atoms with E-state index in [4.69, 9.17) is 0 Å². The van der Waals surface area contributed by atoms with Crippen molar-refractivity contribution < 1.29 is 0 Å². The lowest BCUT2D eigenvalue weighted by Gasteiger charge is -2.39. The fourth-order valence-electron chi connectivity index (χ4n) is 3.34. The van der Waals surface area contributed by atoms with Crippen LogP contribution in [0.4, 0.5) is 0 Å². The molecule has 0 bridgehead atoms. The minimum absolute atomic E-state index is 0.362. The zero-order valence-corrected chi connectivity index (χ0v) is 13.9. The van der Waals surface area contributed by atoms with Gasteiger partial charge in [-0.1, -0.05) is 72.8 Å². The molecule has 0 atom stereocenters. The molecule has 1 fully saturated rings. The van der Waals surface area contributed by atoms with Crippen molar-refractivity contribution in [2.24, 2.45) is 0 Å². The van der Waals surface area contributed by atoms with Crippen LogP contribution in [-0.2, 0) is 0 Å². The number of hydrogen-bond donors (Lipinski definition) is 0. The molecule has 2 aromatic rings. The average Bonchev–Trinajstić information content (AvgIpc) is 2.63. The monoisotopic (exact) mass is 306 g/mol. The Kier molecular flexibility index (Phi) is 5.62. The number of benzene rings is 2. The molecule has 1 aliphatic rings. The second kappa shape index (κ2) is 8.09. The molecular formula is C21H26N2. The summed E-state index contributed by atoms with van der Waals surface area (Å²) in [7, 11) is 0. The molecule has 2 heteroatoms. The Balaban J connectivity index is 1.78. The van der Waals surface area contributed by atoms with Crippen molar-refractivity contribution in [3.63, 3.8) is 0 Å². The molecule has 1 aliphatic heterocycles. The van der Waals surface area contributed by atoms with Crippen molar-refractivity contribution in [3.05, 3.63) is 83.9 Å². The molecule has 120 valence electrons. The first-order chi connectivity index (χ1) is 11.4. The lowest BCUT2D eigenvalue weighted by molar-refractivity contribution is 0.117. The van der Waals surface area contributed by atoms with Crippen LogP contribution in [0, 0.1) is 0 Å². The van der Waals surface area contributed by atoms with Crippen LogP contribution in [0.1, 0.15) is 24.1 Å². The van der Waals surface area contributed by atoms with E-state index in [9.17, 15) is 0 Å². The lowest BCUT2D eigenvalue weighted by Crippen LogP contribution is -2.47. The molecule has 0 radical (unpaired) electrons. The zero-order chi connectivity index (χ0) is 15.9. The first-order valence-electron chi connectivity index (χ1n) is 8.56. The zero-order valence-electron chi connectivity index (χ0n) is 13.9. The molecule has 1 heterocycles. The van der Waals surface area contributed by atoms with Crippen LogP contribution in [0.25, 0.3) is 0 Å². The first kappa shape index (κ1) is 16.0. The maximum absolute atomic E-state index is 2.62. The van der Waals surface area contributed by atoms with Crippen LogP contribution in [0.5, 0.6) is 0 Å². The second-order valence-corrected chi connectivity index (χ2v) is 6.13. The van der Waals surface area contributed by atoms with Gasteiger partial charge in [-0.2, -0.15) is 0 Å². The van der Waals surface area contributed by atoms with Gasteiger partial charge < -0.3 is 0 Å². The second-order valence-electron chi connectivity index (χ2n) is 6.13. The van der Waals surface area contributed by atoms with E-state index < -0.39 is 0 Å². The Morgan fingerprint density at radius 1 is 0.826 bits per heavy atom. The Hall–Kier alpha value is -1.90. The minimum Gasteiger partial charge on any atom is -0.297 e. The van der Waals surface area contributed by atoms with E-state index in [1.807, 2.05) is 0 Å². The Morgan fingerprint density at radius 3 is 1.83 bits per heavy atom. The quantitative estimate of drug-likeness (QED) is 0.771. The van der Waals surface area contributed by atoms with E-state index in [1.165, 1.54) is 11.1 Å². The largest absolute Gasteiger partial charge is 0.297 e. The van der Waals surface area contributed by atoms with Gasteiger partial charge in [0.1, 0.15) is 0 Å². The Bertz CT molecular complexity index is 559. The third-order valence-electron chi connectivity index (χ3n) is 4.60. The summed E-state index contributed by atoms with van der Waals surface area (Å²) < 4.78 is 0. The van der Waals surface area contributed by atoms with Crippen LogP contribution < -0.4 is 0 Å². The highest BCUT2D eigenvalue weighted by Gasteiger charge is 2.25. The van der Waals surface area contributed by atoms with E-state index in [0.717, 1.165) is 32.7 Å². The van der Waals surface area contributed by atoms with Gasteiger partial charge in [0.2, 0.25) is 0 Å². The fourth-order valence-corrected chi connectivity index (χ4v) is 3.34. The summed E-state index contributed by atoms with van der Waals surface area (Å²) in [5.74, 6) is 0. The maximum atomic E-state index is 2.62. The molecule has 0 spiro atoms. The predicted molar refractivity (Wildman–Crippen MR) is 97.6 cm³/mol. The van der Waals surface area contributed by atoms with E-state index in [2.05, 4.69) is 89.5 Å². The van der Waals surface area contributed by atoms with Crippen LogP contribution in [0.15, 0.2) is 72.8 Å². The van der Waals surface area contributed by atoms with Crippen molar-refractivity contribution >= 4 is 0 Å². The molecular weight excluding hydrogens is 280 g/mol. The highest BCUT2D eigenvalue weighted by molar-refractivity contribution is 5.31. The van der Waals surface area contributed by atoms with Crippen LogP contribution in [0.2, 0.25) is 0 Å². The van der Waals surface area contributed by atoms with E-state index >= 15 is 0 Å². The van der Waals surface area contributed by atoms with Gasteiger partial charge >= 0.3 is 0 Å². The molecule has 0 aliphatic carbocycles. The van der Waals surface area contributed by atoms with Gasteiger partial charge in [-0.3, -0.25) is 9.80 Å². The van der Waals surface area contributed by atoms with Crippen molar-refractivity contribution in [1.82, 2.24) is 9.80 Å². The molecule has 0 N–H and O–H groups in total. The highest BCUT2D eigenvalue weighted by Crippen LogP contribution is 2.29. The molecule has 3 rings (SSSR count). The van der Waals surface area contributed by atoms with Crippen molar-refractivity contribution in [2.45, 2.75) is 13.0 Å². The van der Waals surface area contributed by atoms with E-state index in [0.29, 0.717) is 6.04 Å². The fraction of sp³-hybridized carbons (Fsp3) is 0.333.